The van der Waals surface area contributed by atoms with Crippen molar-refractivity contribution in [2.45, 2.75) is 39.8 Å². The number of benzene rings is 1. The highest BCUT2D eigenvalue weighted by molar-refractivity contribution is 5.37. The van der Waals surface area contributed by atoms with E-state index < -0.39 is 0 Å². The van der Waals surface area contributed by atoms with E-state index in [0.29, 0.717) is 17.2 Å². The van der Waals surface area contributed by atoms with Crippen LogP contribution in [0.5, 0.6) is 5.75 Å². The van der Waals surface area contributed by atoms with Crippen LogP contribution in [0.3, 0.4) is 0 Å². The molecule has 2 N–H and O–H groups in total. The van der Waals surface area contributed by atoms with Crippen LogP contribution >= 0.6 is 0 Å². The van der Waals surface area contributed by atoms with Gasteiger partial charge in [0.2, 0.25) is 0 Å². The Morgan fingerprint density at radius 1 is 1.19 bits per heavy atom. The lowest BCUT2D eigenvalue weighted by molar-refractivity contribution is 0.161. The number of rotatable bonds is 4. The van der Waals surface area contributed by atoms with E-state index in [2.05, 4.69) is 0 Å². The van der Waals surface area contributed by atoms with Crippen molar-refractivity contribution in [3.63, 3.8) is 0 Å². The van der Waals surface area contributed by atoms with E-state index in [-0.39, 0.29) is 18.0 Å². The summed E-state index contributed by atoms with van der Waals surface area (Å²) in [5.74, 6) is 0.279. The highest BCUT2D eigenvalue weighted by Gasteiger charge is 2.17. The average Bonchev–Trinajstić information content (AvgIpc) is 2.20. The van der Waals surface area contributed by atoms with Crippen LogP contribution in [-0.4, -0.2) is 6.10 Å². The van der Waals surface area contributed by atoms with E-state index in [1.807, 2.05) is 27.7 Å². The Bertz CT molecular complexity index is 350. The van der Waals surface area contributed by atoms with Crippen molar-refractivity contribution < 1.29 is 9.13 Å². The molecule has 3 heteroatoms. The third-order valence-corrected chi connectivity index (χ3v) is 2.73. The molecule has 0 aliphatic rings. The van der Waals surface area contributed by atoms with Gasteiger partial charge in [-0.25, -0.2) is 4.39 Å². The highest BCUT2D eigenvalue weighted by atomic mass is 19.1. The molecule has 1 unspecified atom stereocenters. The number of hydrogen-bond acceptors (Lipinski definition) is 2. The number of ether oxygens (including phenoxy) is 1. The van der Waals surface area contributed by atoms with E-state index in [4.69, 9.17) is 10.5 Å². The Labute approximate surface area is 96.6 Å². The Morgan fingerprint density at radius 2 is 1.81 bits per heavy atom. The van der Waals surface area contributed by atoms with Gasteiger partial charge < -0.3 is 10.5 Å². The molecule has 1 rings (SSSR count). The van der Waals surface area contributed by atoms with Gasteiger partial charge in [0.25, 0.3) is 0 Å². The lowest BCUT2D eigenvalue weighted by Gasteiger charge is -2.21. The Balaban J connectivity index is 3.01. The molecule has 0 saturated carbocycles. The molecule has 0 saturated heterocycles. The second-order valence-corrected chi connectivity index (χ2v) is 4.51. The molecule has 0 spiro atoms. The summed E-state index contributed by atoms with van der Waals surface area (Å²) in [5, 5.41) is 0. The lowest BCUT2D eigenvalue weighted by atomic mass is 10.1. The van der Waals surface area contributed by atoms with Crippen molar-refractivity contribution in [2.24, 2.45) is 11.7 Å². The van der Waals surface area contributed by atoms with Crippen molar-refractivity contribution in [1.82, 2.24) is 0 Å². The number of halogens is 1. The van der Waals surface area contributed by atoms with Gasteiger partial charge in [-0.05, 0) is 25.8 Å². The zero-order valence-corrected chi connectivity index (χ0v) is 10.3. The minimum absolute atomic E-state index is 0.0330. The fraction of sp³-hybridized carbons (Fsp3) is 0.538. The zero-order chi connectivity index (χ0) is 12.3. The predicted molar refractivity (Wildman–Crippen MR) is 63.9 cm³/mol. The first kappa shape index (κ1) is 13.0. The van der Waals surface area contributed by atoms with Gasteiger partial charge in [-0.3, -0.25) is 0 Å². The predicted octanol–water partition coefficient (Wildman–Crippen LogP) is 3.27. The van der Waals surface area contributed by atoms with Crippen LogP contribution in [0, 0.1) is 11.7 Å². The zero-order valence-electron chi connectivity index (χ0n) is 10.3. The topological polar surface area (TPSA) is 35.2 Å². The summed E-state index contributed by atoms with van der Waals surface area (Å²) in [7, 11) is 0. The summed E-state index contributed by atoms with van der Waals surface area (Å²) < 4.78 is 19.3. The van der Waals surface area contributed by atoms with Crippen molar-refractivity contribution in [3.8, 4) is 5.75 Å². The van der Waals surface area contributed by atoms with E-state index in [9.17, 15) is 4.39 Å². The molecular weight excluding hydrogens is 205 g/mol. The third-order valence-electron chi connectivity index (χ3n) is 2.73. The highest BCUT2D eigenvalue weighted by Crippen LogP contribution is 2.28. The maximum atomic E-state index is 13.7. The van der Waals surface area contributed by atoms with Gasteiger partial charge >= 0.3 is 0 Å². The maximum absolute atomic E-state index is 13.7. The quantitative estimate of drug-likeness (QED) is 0.853. The molecule has 0 fully saturated rings. The number of nitrogens with two attached hydrogens (primary N) is 1. The standard InChI is InChI=1S/C13H20FNO/c1-8(2)10(4)16-13-11(9(3)15)6-5-7-12(13)14/h5-10H,15H2,1-4H3/t9-,10?/m1/s1. The molecule has 0 bridgehead atoms. The second kappa shape index (κ2) is 5.30. The smallest absolute Gasteiger partial charge is 0.165 e. The van der Waals surface area contributed by atoms with Crippen molar-refractivity contribution in [3.05, 3.63) is 29.6 Å². The van der Waals surface area contributed by atoms with E-state index in [0.717, 1.165) is 0 Å². The van der Waals surface area contributed by atoms with Crippen molar-refractivity contribution >= 4 is 0 Å². The van der Waals surface area contributed by atoms with E-state index >= 15 is 0 Å². The summed E-state index contributed by atoms with van der Waals surface area (Å²) in [4.78, 5) is 0. The van der Waals surface area contributed by atoms with E-state index in [1.165, 1.54) is 6.07 Å². The first-order chi connectivity index (χ1) is 7.43. The molecule has 90 valence electrons. The van der Waals surface area contributed by atoms with Gasteiger partial charge in [-0.1, -0.05) is 26.0 Å². The van der Waals surface area contributed by atoms with E-state index in [1.54, 1.807) is 12.1 Å². The van der Waals surface area contributed by atoms with Gasteiger partial charge in [0.1, 0.15) is 0 Å². The van der Waals surface area contributed by atoms with Gasteiger partial charge in [-0.2, -0.15) is 0 Å². The molecule has 0 amide bonds. The second-order valence-electron chi connectivity index (χ2n) is 4.51. The van der Waals surface area contributed by atoms with Gasteiger partial charge in [0.05, 0.1) is 6.10 Å². The SMILES string of the molecule is CC(C)C(C)Oc1c(F)cccc1[C@@H](C)N. The minimum Gasteiger partial charge on any atom is -0.487 e. The van der Waals surface area contributed by atoms with Crippen LogP contribution in [-0.2, 0) is 0 Å². The normalized spacial score (nSPS) is 14.9. The molecule has 0 radical (unpaired) electrons. The third kappa shape index (κ3) is 2.95. The molecule has 16 heavy (non-hydrogen) atoms. The molecule has 0 aliphatic heterocycles. The molecule has 1 aromatic rings. The average molecular weight is 225 g/mol. The summed E-state index contributed by atoms with van der Waals surface area (Å²) in [6.45, 7) is 7.83. The fourth-order valence-electron chi connectivity index (χ4n) is 1.33. The molecular formula is C13H20FNO. The van der Waals surface area contributed by atoms with Crippen LogP contribution in [0.1, 0.15) is 39.3 Å². The van der Waals surface area contributed by atoms with Crippen LogP contribution in [0.4, 0.5) is 4.39 Å². The number of hydrogen-bond donors (Lipinski definition) is 1. The van der Waals surface area contributed by atoms with Crippen LogP contribution in [0.15, 0.2) is 18.2 Å². The van der Waals surface area contributed by atoms with Crippen LogP contribution in [0.25, 0.3) is 0 Å². The summed E-state index contributed by atoms with van der Waals surface area (Å²) in [5.41, 5.74) is 6.50. The maximum Gasteiger partial charge on any atom is 0.165 e. The van der Waals surface area contributed by atoms with Gasteiger partial charge in [0.15, 0.2) is 11.6 Å². The van der Waals surface area contributed by atoms with Crippen molar-refractivity contribution in [2.75, 3.05) is 0 Å². The molecule has 0 heterocycles. The Hall–Kier alpha value is -1.09. The number of para-hydroxylation sites is 1. The van der Waals surface area contributed by atoms with Gasteiger partial charge in [0, 0.05) is 11.6 Å². The Morgan fingerprint density at radius 3 is 2.31 bits per heavy atom. The fourth-order valence-corrected chi connectivity index (χ4v) is 1.33. The lowest BCUT2D eigenvalue weighted by Crippen LogP contribution is -2.21. The first-order valence-electron chi connectivity index (χ1n) is 5.64. The van der Waals surface area contributed by atoms with Crippen molar-refractivity contribution in [1.29, 1.82) is 0 Å². The summed E-state index contributed by atoms with van der Waals surface area (Å²) in [6.07, 6.45) is -0.0330. The van der Waals surface area contributed by atoms with Crippen LogP contribution in [0.2, 0.25) is 0 Å². The molecule has 2 nitrogen and oxygen atoms in total. The molecule has 1 aromatic carbocycles. The monoisotopic (exact) mass is 225 g/mol. The Kier molecular flexibility index (Phi) is 4.30. The largest absolute Gasteiger partial charge is 0.487 e. The minimum atomic E-state index is -0.345. The van der Waals surface area contributed by atoms with Gasteiger partial charge in [-0.15, -0.1) is 0 Å². The molecule has 0 aliphatic carbocycles. The molecule has 2 atom stereocenters. The van der Waals surface area contributed by atoms with Crippen LogP contribution < -0.4 is 10.5 Å². The first-order valence-corrected chi connectivity index (χ1v) is 5.64. The summed E-state index contributed by atoms with van der Waals surface area (Å²) in [6, 6.07) is 4.62. The molecule has 0 aromatic heterocycles. The summed E-state index contributed by atoms with van der Waals surface area (Å²) >= 11 is 0.